The molecule has 0 saturated carbocycles. The fourth-order valence-electron chi connectivity index (χ4n) is 4.11. The highest BCUT2D eigenvalue weighted by molar-refractivity contribution is 6.32. The molecule has 1 unspecified atom stereocenters. The van der Waals surface area contributed by atoms with Crippen molar-refractivity contribution in [2.24, 2.45) is 4.99 Å². The number of amides is 1. The standard InChI is InChI=1S/C26H25ClN2O2/c1-3-16-6-5-7-17(4-2)21(16)15-24-26(31)29-23-13-10-19(27)14-22(23)25(28-24)18-8-11-20(30)12-9-18/h5-14,24,30H,3-4,15H2,1-2H3,(H,29,31). The molecule has 1 atom stereocenters. The lowest BCUT2D eigenvalue weighted by molar-refractivity contribution is -0.117. The minimum Gasteiger partial charge on any atom is -0.508 e. The van der Waals surface area contributed by atoms with Crippen LogP contribution in [0.5, 0.6) is 5.75 Å². The van der Waals surface area contributed by atoms with E-state index in [2.05, 4.69) is 37.4 Å². The van der Waals surface area contributed by atoms with Gasteiger partial charge < -0.3 is 10.4 Å². The molecule has 158 valence electrons. The first kappa shape index (κ1) is 21.1. The number of anilines is 1. The molecule has 0 spiro atoms. The summed E-state index contributed by atoms with van der Waals surface area (Å²) in [6.07, 6.45) is 2.34. The molecule has 1 aliphatic rings. The summed E-state index contributed by atoms with van der Waals surface area (Å²) in [4.78, 5) is 18.2. The van der Waals surface area contributed by atoms with Gasteiger partial charge in [0.15, 0.2) is 0 Å². The van der Waals surface area contributed by atoms with Crippen LogP contribution in [-0.4, -0.2) is 22.8 Å². The molecule has 1 heterocycles. The second-order valence-electron chi connectivity index (χ2n) is 7.69. The van der Waals surface area contributed by atoms with E-state index in [0.29, 0.717) is 22.8 Å². The number of aliphatic imine (C=N–C) groups is 1. The molecular formula is C26H25ClN2O2. The Bertz CT molecular complexity index is 1130. The molecule has 31 heavy (non-hydrogen) atoms. The van der Waals surface area contributed by atoms with Gasteiger partial charge in [-0.25, -0.2) is 0 Å². The lowest BCUT2D eigenvalue weighted by atomic mass is 9.92. The normalized spacial score (nSPS) is 15.6. The van der Waals surface area contributed by atoms with Gasteiger partial charge in [-0.2, -0.15) is 0 Å². The Morgan fingerprint density at radius 2 is 1.68 bits per heavy atom. The fraction of sp³-hybridized carbons (Fsp3) is 0.231. The number of phenolic OH excluding ortho intramolecular Hbond substituents is 1. The monoisotopic (exact) mass is 432 g/mol. The topological polar surface area (TPSA) is 61.7 Å². The van der Waals surface area contributed by atoms with Crippen LogP contribution in [0.15, 0.2) is 65.7 Å². The molecule has 1 amide bonds. The molecule has 5 heteroatoms. The Hall–Kier alpha value is -3.11. The summed E-state index contributed by atoms with van der Waals surface area (Å²) in [6, 6.07) is 18.0. The van der Waals surface area contributed by atoms with E-state index < -0.39 is 6.04 Å². The van der Waals surface area contributed by atoms with Gasteiger partial charge in [-0.15, -0.1) is 0 Å². The molecule has 4 nitrogen and oxygen atoms in total. The van der Waals surface area contributed by atoms with Gasteiger partial charge in [-0.1, -0.05) is 43.6 Å². The number of fused-ring (bicyclic) bond motifs is 1. The van der Waals surface area contributed by atoms with Crippen molar-refractivity contribution in [3.63, 3.8) is 0 Å². The van der Waals surface area contributed by atoms with Crippen molar-refractivity contribution in [3.8, 4) is 5.75 Å². The Labute approximate surface area is 187 Å². The summed E-state index contributed by atoms with van der Waals surface area (Å²) in [7, 11) is 0. The Balaban J connectivity index is 1.85. The number of carbonyl (C=O) groups is 1. The van der Waals surface area contributed by atoms with Crippen LogP contribution in [-0.2, 0) is 24.1 Å². The first-order chi connectivity index (χ1) is 15.0. The number of benzene rings is 3. The Kier molecular flexibility index (Phi) is 6.10. The maximum atomic E-state index is 13.2. The number of benzodiazepines with no additional fused rings is 1. The number of aromatic hydroxyl groups is 1. The zero-order valence-electron chi connectivity index (χ0n) is 17.7. The maximum Gasteiger partial charge on any atom is 0.249 e. The number of nitrogens with zero attached hydrogens (tertiary/aromatic N) is 1. The second kappa shape index (κ2) is 8.94. The number of carbonyl (C=O) groups excluding carboxylic acids is 1. The third-order valence-corrected chi connectivity index (χ3v) is 5.99. The minimum atomic E-state index is -0.576. The quantitative estimate of drug-likeness (QED) is 0.553. The number of aryl methyl sites for hydroxylation is 2. The summed E-state index contributed by atoms with van der Waals surface area (Å²) >= 11 is 6.28. The average Bonchev–Trinajstić information content (AvgIpc) is 2.91. The van der Waals surface area contributed by atoms with E-state index in [9.17, 15) is 9.90 Å². The van der Waals surface area contributed by atoms with Gasteiger partial charge >= 0.3 is 0 Å². The van der Waals surface area contributed by atoms with Gasteiger partial charge in [0, 0.05) is 22.6 Å². The highest BCUT2D eigenvalue weighted by Crippen LogP contribution is 2.29. The third-order valence-electron chi connectivity index (χ3n) is 5.75. The zero-order chi connectivity index (χ0) is 22.0. The number of nitrogens with one attached hydrogen (secondary N) is 1. The van der Waals surface area contributed by atoms with Crippen LogP contribution >= 0.6 is 11.6 Å². The van der Waals surface area contributed by atoms with Crippen LogP contribution in [0, 0.1) is 0 Å². The van der Waals surface area contributed by atoms with Gasteiger partial charge in [0.2, 0.25) is 5.91 Å². The first-order valence-electron chi connectivity index (χ1n) is 10.6. The molecule has 0 saturated heterocycles. The Morgan fingerprint density at radius 1 is 1.00 bits per heavy atom. The SMILES string of the molecule is CCc1cccc(CC)c1CC1N=C(c2ccc(O)cc2)c2cc(Cl)ccc2NC1=O. The van der Waals surface area contributed by atoms with Crippen LogP contribution in [0.4, 0.5) is 5.69 Å². The minimum absolute atomic E-state index is 0.134. The lowest BCUT2D eigenvalue weighted by Gasteiger charge is -2.17. The zero-order valence-corrected chi connectivity index (χ0v) is 18.4. The van der Waals surface area contributed by atoms with Crippen molar-refractivity contribution in [2.45, 2.75) is 39.2 Å². The number of phenols is 1. The third kappa shape index (κ3) is 4.35. The van der Waals surface area contributed by atoms with Gasteiger partial charge in [0.05, 0.1) is 11.4 Å². The molecule has 0 aliphatic carbocycles. The predicted octanol–water partition coefficient (Wildman–Crippen LogP) is 5.57. The highest BCUT2D eigenvalue weighted by Gasteiger charge is 2.27. The smallest absolute Gasteiger partial charge is 0.249 e. The van der Waals surface area contributed by atoms with Crippen molar-refractivity contribution in [1.82, 2.24) is 0 Å². The molecular weight excluding hydrogens is 408 g/mol. The van der Waals surface area contributed by atoms with Crippen LogP contribution in [0.25, 0.3) is 0 Å². The van der Waals surface area contributed by atoms with Crippen molar-refractivity contribution in [3.05, 3.63) is 93.5 Å². The van der Waals surface area contributed by atoms with Crippen molar-refractivity contribution < 1.29 is 9.90 Å². The summed E-state index contributed by atoms with van der Waals surface area (Å²) in [5.41, 5.74) is 6.66. The van der Waals surface area contributed by atoms with E-state index >= 15 is 0 Å². The van der Waals surface area contributed by atoms with Crippen LogP contribution in [0.2, 0.25) is 5.02 Å². The number of hydrogen-bond donors (Lipinski definition) is 2. The maximum absolute atomic E-state index is 13.2. The summed E-state index contributed by atoms with van der Waals surface area (Å²) in [5, 5.41) is 13.3. The lowest BCUT2D eigenvalue weighted by Crippen LogP contribution is -2.28. The first-order valence-corrected chi connectivity index (χ1v) is 11.0. The van der Waals surface area contributed by atoms with E-state index in [1.807, 2.05) is 24.3 Å². The van der Waals surface area contributed by atoms with Crippen LogP contribution in [0.3, 0.4) is 0 Å². The van der Waals surface area contributed by atoms with E-state index in [0.717, 1.165) is 24.0 Å². The van der Waals surface area contributed by atoms with E-state index in [1.165, 1.54) is 16.7 Å². The molecule has 0 aromatic heterocycles. The van der Waals surface area contributed by atoms with Crippen LogP contribution in [0.1, 0.15) is 41.7 Å². The summed E-state index contributed by atoms with van der Waals surface area (Å²) in [5.74, 6) is 0.0461. The molecule has 4 rings (SSSR count). The van der Waals surface area contributed by atoms with Crippen molar-refractivity contribution >= 4 is 28.9 Å². The van der Waals surface area contributed by atoms with Gasteiger partial charge in [0.1, 0.15) is 11.8 Å². The van der Waals surface area contributed by atoms with Gasteiger partial charge in [0.25, 0.3) is 0 Å². The summed E-state index contributed by atoms with van der Waals surface area (Å²) < 4.78 is 0. The van der Waals surface area contributed by atoms with E-state index in [-0.39, 0.29) is 11.7 Å². The van der Waals surface area contributed by atoms with Crippen LogP contribution < -0.4 is 5.32 Å². The number of halogens is 1. The predicted molar refractivity (Wildman–Crippen MR) is 127 cm³/mol. The molecule has 0 bridgehead atoms. The molecule has 0 fully saturated rings. The summed E-state index contributed by atoms with van der Waals surface area (Å²) in [6.45, 7) is 4.27. The molecule has 0 radical (unpaired) electrons. The second-order valence-corrected chi connectivity index (χ2v) is 8.12. The molecule has 1 aliphatic heterocycles. The molecule has 3 aromatic rings. The van der Waals surface area contributed by atoms with Gasteiger partial charge in [-0.3, -0.25) is 9.79 Å². The van der Waals surface area contributed by atoms with E-state index in [1.54, 1.807) is 18.2 Å². The average molecular weight is 433 g/mol. The fourth-order valence-corrected chi connectivity index (χ4v) is 4.29. The van der Waals surface area contributed by atoms with E-state index in [4.69, 9.17) is 16.6 Å². The highest BCUT2D eigenvalue weighted by atomic mass is 35.5. The van der Waals surface area contributed by atoms with Crippen molar-refractivity contribution in [2.75, 3.05) is 5.32 Å². The number of rotatable bonds is 5. The molecule has 2 N–H and O–H groups in total. The Morgan fingerprint density at radius 3 is 2.32 bits per heavy atom. The van der Waals surface area contributed by atoms with Crippen molar-refractivity contribution in [1.29, 1.82) is 0 Å². The van der Waals surface area contributed by atoms with Gasteiger partial charge in [-0.05, 0) is 72.0 Å². The number of hydrogen-bond acceptors (Lipinski definition) is 3. The molecule has 3 aromatic carbocycles. The largest absolute Gasteiger partial charge is 0.508 e.